The lowest BCUT2D eigenvalue weighted by molar-refractivity contribution is -0.143. The molecule has 100 heavy (non-hydrogen) atoms. The van der Waals surface area contributed by atoms with Crippen molar-refractivity contribution in [2.24, 2.45) is 11.5 Å². The summed E-state index contributed by atoms with van der Waals surface area (Å²) in [6.45, 7) is 2.34. The lowest BCUT2D eigenvalue weighted by atomic mass is 10.0. The average molecular weight is 1400 g/mol. The van der Waals surface area contributed by atoms with Crippen LogP contribution in [0.4, 0.5) is 0 Å². The van der Waals surface area contributed by atoms with Gasteiger partial charge in [0.2, 0.25) is 53.2 Å². The Morgan fingerprint density at radius 1 is 0.680 bits per heavy atom. The number of fused-ring (bicyclic) bond motifs is 2. The van der Waals surface area contributed by atoms with E-state index in [0.29, 0.717) is 56.3 Å². The lowest BCUT2D eigenvalue weighted by Gasteiger charge is -2.31. The number of primary amides is 1. The number of rotatable bonds is 39. The minimum atomic E-state index is -1.41. The van der Waals surface area contributed by atoms with Crippen LogP contribution >= 0.6 is 0 Å². The zero-order chi connectivity index (χ0) is 72.4. The van der Waals surface area contributed by atoms with Crippen molar-refractivity contribution in [1.82, 2.24) is 57.7 Å². The normalized spacial score (nSPS) is 21.1. The number of guanidine groups is 1. The Bertz CT molecular complexity index is 3030. The van der Waals surface area contributed by atoms with Gasteiger partial charge in [0.05, 0.1) is 25.9 Å². The van der Waals surface area contributed by atoms with E-state index in [1.807, 2.05) is 31.2 Å². The molecule has 3 aromatic rings. The Kier molecular flexibility index (Phi) is 38.7. The number of para-hydroxylation sites is 1. The third-order valence-electron chi connectivity index (χ3n) is 17.9. The summed E-state index contributed by atoms with van der Waals surface area (Å²) < 4.78 is 17.0. The number of aliphatic hydroxyl groups excluding tert-OH is 1. The fourth-order valence-corrected chi connectivity index (χ4v) is 12.3. The van der Waals surface area contributed by atoms with Gasteiger partial charge in [-0.25, -0.2) is 0 Å². The number of carbonyl (C=O) groups is 10. The van der Waals surface area contributed by atoms with Gasteiger partial charge in [-0.3, -0.25) is 58.7 Å². The number of hydrogen-bond donors (Lipinski definition) is 15. The van der Waals surface area contributed by atoms with E-state index < -0.39 is 114 Å². The Hall–Kier alpha value is -8.25. The number of nitrogens with one attached hydrogen (secondary N) is 11. The average Bonchev–Trinajstić information content (AvgIpc) is 1.64. The molecule has 9 atom stereocenters. The van der Waals surface area contributed by atoms with Crippen LogP contribution in [0.15, 0.2) is 60.8 Å². The SMILES string of the molecule is CCCC[C@H](NC(=O)COCCOCCNC(=O)CCCCCCCCCCCCCCC(=O)O)C(=O)N[C@H]1CCC(OC)NCCCCC(C(N)=O)NC(=O)[C@H](Cc2c[nH]c3ccccc23)NC(=O)[C@H](CCCNC(=N)N)NC(=O)[C@@H](Cc2ccccc2)NC(=O)[C@@H]2C[C@@H](O)CN2C1=O. The Labute approximate surface area is 587 Å². The number of hydrogen-bond acceptors (Lipinski definition) is 16. The van der Waals surface area contributed by atoms with E-state index in [9.17, 15) is 48.3 Å². The number of nitrogens with zero attached hydrogens (tertiary/aromatic N) is 1. The second kappa shape index (κ2) is 47.0. The number of carboxylic acid groups (broad SMARTS) is 1. The number of carbonyl (C=O) groups excluding carboxylic acids is 9. The van der Waals surface area contributed by atoms with Crippen LogP contribution in [0.1, 0.15) is 179 Å². The number of aromatic nitrogens is 1. The van der Waals surface area contributed by atoms with Crippen molar-refractivity contribution in [2.75, 3.05) is 59.7 Å². The van der Waals surface area contributed by atoms with E-state index in [0.717, 1.165) is 62.3 Å². The highest BCUT2D eigenvalue weighted by molar-refractivity contribution is 5.98. The molecule has 0 spiro atoms. The number of carboxylic acids is 1. The maximum atomic E-state index is 15.1. The molecule has 2 aliphatic heterocycles. The number of aliphatic carboxylic acids is 1. The largest absolute Gasteiger partial charge is 0.481 e. The zero-order valence-electron chi connectivity index (χ0n) is 58.5. The molecule has 2 aliphatic rings. The molecule has 556 valence electrons. The van der Waals surface area contributed by atoms with Crippen LogP contribution in [-0.4, -0.2) is 200 Å². The first-order chi connectivity index (χ1) is 48.3. The Morgan fingerprint density at radius 2 is 1.31 bits per heavy atom. The van der Waals surface area contributed by atoms with Gasteiger partial charge in [0, 0.05) is 75.9 Å². The van der Waals surface area contributed by atoms with Gasteiger partial charge in [-0.15, -0.1) is 0 Å². The first kappa shape index (κ1) is 82.4. The summed E-state index contributed by atoms with van der Waals surface area (Å²) in [5, 5.41) is 54.1. The van der Waals surface area contributed by atoms with E-state index >= 15 is 4.79 Å². The van der Waals surface area contributed by atoms with Crippen LogP contribution in [0.2, 0.25) is 0 Å². The number of aromatic amines is 1. The Morgan fingerprint density at radius 3 is 1.99 bits per heavy atom. The van der Waals surface area contributed by atoms with Crippen molar-refractivity contribution in [3.63, 3.8) is 0 Å². The van der Waals surface area contributed by atoms with Gasteiger partial charge in [0.1, 0.15) is 55.1 Å². The quantitative estimate of drug-likeness (QED) is 0.0222. The molecule has 2 fully saturated rings. The molecule has 2 saturated heterocycles. The summed E-state index contributed by atoms with van der Waals surface area (Å²) in [6, 6.07) is 7.01. The van der Waals surface area contributed by atoms with Crippen molar-refractivity contribution < 1.29 is 72.4 Å². The van der Waals surface area contributed by atoms with E-state index in [4.69, 9.17) is 36.2 Å². The first-order valence-corrected chi connectivity index (χ1v) is 35.9. The number of nitrogens with two attached hydrogens (primary N) is 2. The number of H-pyrrole nitrogens is 1. The van der Waals surface area contributed by atoms with Crippen molar-refractivity contribution in [1.29, 1.82) is 5.41 Å². The fourth-order valence-electron chi connectivity index (χ4n) is 12.3. The van der Waals surface area contributed by atoms with E-state index in [2.05, 4.69) is 52.8 Å². The molecule has 29 nitrogen and oxygen atoms in total. The predicted molar refractivity (Wildman–Crippen MR) is 377 cm³/mol. The van der Waals surface area contributed by atoms with Gasteiger partial charge in [-0.05, 0) is 87.9 Å². The minimum Gasteiger partial charge on any atom is -0.481 e. The summed E-state index contributed by atoms with van der Waals surface area (Å²) in [5.41, 5.74) is 13.5. The first-order valence-electron chi connectivity index (χ1n) is 35.9. The van der Waals surface area contributed by atoms with E-state index in [1.54, 1.807) is 36.5 Å². The molecule has 17 N–H and O–H groups in total. The minimum absolute atomic E-state index is 0.0417. The summed E-state index contributed by atoms with van der Waals surface area (Å²) >= 11 is 0. The maximum Gasteiger partial charge on any atom is 0.303 e. The monoisotopic (exact) mass is 1400 g/mol. The second-order valence-corrected chi connectivity index (χ2v) is 26.0. The van der Waals surface area contributed by atoms with Gasteiger partial charge in [-0.1, -0.05) is 133 Å². The molecule has 9 amide bonds. The smallest absolute Gasteiger partial charge is 0.303 e. The number of amides is 9. The lowest BCUT2D eigenvalue weighted by Crippen LogP contribution is -2.60. The topological polar surface area (TPSA) is 442 Å². The number of methoxy groups -OCH3 is 1. The van der Waals surface area contributed by atoms with Crippen molar-refractivity contribution in [2.45, 2.75) is 235 Å². The third-order valence-corrected chi connectivity index (χ3v) is 17.9. The second-order valence-electron chi connectivity index (χ2n) is 26.0. The standard InChI is InChI=1S/C71H112N14O15/c1-3-4-28-54(79-61(88)47-100-41-40-99-39-38-75-60(87)32-18-13-11-9-7-5-6-8-10-12-14-19-33-63(89)90)65(92)82-56-34-35-62(98-2)76-36-23-22-30-53(64(72)91)80-68(95)58(43-49-45-78-52-29-21-20-27-51(49)52)83-66(93)55(31-24-37-77-71(73)74)81-67(94)57(42-48-25-16-15-17-26-48)84-69(96)59-44-50(86)46-85(59)70(56)97/h15-17,20-21,25-27,29,45,50,53-59,62,76,78,86H,3-14,18-19,22-24,28,30-44,46-47H2,1-2H3,(H2,72,91)(H,75,87)(H,79,88)(H,80,95)(H,81,94)(H,82,92)(H,83,93)(H,84,96)(H,89,90)(H4,73,74,77)/t50-,53?,54+,55+,56+,57-,58+,59+,62?/m1/s1. The van der Waals surface area contributed by atoms with Gasteiger partial charge >= 0.3 is 5.97 Å². The highest BCUT2D eigenvalue weighted by Crippen LogP contribution is 2.24. The van der Waals surface area contributed by atoms with Crippen LogP contribution in [0.25, 0.3) is 10.9 Å². The molecule has 0 radical (unpaired) electrons. The number of aliphatic hydroxyl groups is 1. The molecule has 3 heterocycles. The van der Waals surface area contributed by atoms with Crippen LogP contribution in [0.3, 0.4) is 0 Å². The molecule has 2 aromatic carbocycles. The number of benzene rings is 2. The third kappa shape index (κ3) is 31.5. The number of unbranched alkanes of at least 4 members (excludes halogenated alkanes) is 12. The van der Waals surface area contributed by atoms with Crippen molar-refractivity contribution >= 4 is 76.0 Å². The van der Waals surface area contributed by atoms with Crippen LogP contribution in [0.5, 0.6) is 0 Å². The maximum absolute atomic E-state index is 15.1. The van der Waals surface area contributed by atoms with Crippen LogP contribution in [0, 0.1) is 5.41 Å². The predicted octanol–water partition coefficient (Wildman–Crippen LogP) is 2.98. The summed E-state index contributed by atoms with van der Waals surface area (Å²) in [7, 11) is 1.46. The van der Waals surface area contributed by atoms with Gasteiger partial charge in [-0.2, -0.15) is 0 Å². The summed E-state index contributed by atoms with van der Waals surface area (Å²) in [5.74, 6) is -7.10. The highest BCUT2D eigenvalue weighted by atomic mass is 16.5. The molecule has 0 aliphatic carbocycles. The molecular weight excluding hydrogens is 1290 g/mol. The van der Waals surface area contributed by atoms with Crippen LogP contribution < -0.4 is 59.3 Å². The van der Waals surface area contributed by atoms with Gasteiger partial charge in [0.15, 0.2) is 5.96 Å². The molecule has 1 aromatic heterocycles. The van der Waals surface area contributed by atoms with E-state index in [-0.39, 0.29) is 109 Å². The molecule has 0 saturated carbocycles. The highest BCUT2D eigenvalue weighted by Gasteiger charge is 2.43. The van der Waals surface area contributed by atoms with Gasteiger partial charge in [0.25, 0.3) is 0 Å². The molecule has 0 bridgehead atoms. The van der Waals surface area contributed by atoms with E-state index in [1.165, 1.54) is 37.7 Å². The molecule has 29 heteroatoms. The summed E-state index contributed by atoms with van der Waals surface area (Å²) in [6.07, 6.45) is 15.2. The summed E-state index contributed by atoms with van der Waals surface area (Å²) in [4.78, 5) is 142. The molecular formula is C71H112N14O15. The molecule has 5 rings (SSSR count). The van der Waals surface area contributed by atoms with Crippen molar-refractivity contribution in [3.8, 4) is 0 Å². The molecule has 2 unspecified atom stereocenters. The van der Waals surface area contributed by atoms with Gasteiger partial charge < -0.3 is 88.3 Å². The Balaban J connectivity index is 1.25. The fraction of sp³-hybridized carbons (Fsp3) is 0.648. The number of ether oxygens (including phenoxy) is 3. The van der Waals surface area contributed by atoms with Crippen LogP contribution in [-0.2, 0) is 75.0 Å². The zero-order valence-corrected chi connectivity index (χ0v) is 58.5. The van der Waals surface area contributed by atoms with Crippen molar-refractivity contribution in [3.05, 3.63) is 71.9 Å².